The van der Waals surface area contributed by atoms with E-state index in [1.807, 2.05) is 0 Å². The maximum absolute atomic E-state index is 14.8. The van der Waals surface area contributed by atoms with E-state index < -0.39 is 180 Å². The number of amides is 16. The maximum atomic E-state index is 14.8. The number of nitrogens with two attached hydrogens (primary N) is 6. The lowest BCUT2D eigenvalue weighted by Crippen LogP contribution is -2.60. The molecule has 1 heterocycles. The molecule has 3 aromatic rings. The number of hydrogen-bond acceptors (Lipinski definition) is 20. The predicted octanol–water partition coefficient (Wildman–Crippen LogP) is -8.47. The maximum Gasteiger partial charge on any atom is 0.325 e. The Labute approximate surface area is 609 Å². The van der Waals surface area contributed by atoms with E-state index in [1.54, 1.807) is 60.7 Å². The molecule has 582 valence electrons. The topological polar surface area (TPSA) is 709 Å². The molecule has 42 nitrogen and oxygen atoms in total. The van der Waals surface area contributed by atoms with Crippen LogP contribution in [0.5, 0.6) is 0 Å². The molecule has 106 heavy (non-hydrogen) atoms. The number of aliphatic hydroxyl groups is 1. The van der Waals surface area contributed by atoms with Crippen molar-refractivity contribution >= 4 is 101 Å². The number of carbonyl (C=O) groups is 15. The molecular formula is C64H99N25O17. The summed E-state index contributed by atoms with van der Waals surface area (Å²) in [7, 11) is 0. The molecule has 2 aromatic carbocycles. The van der Waals surface area contributed by atoms with Crippen molar-refractivity contribution in [3.05, 3.63) is 90.0 Å². The Hall–Kier alpha value is -12.2. The summed E-state index contributed by atoms with van der Waals surface area (Å²) in [4.78, 5) is 207. The molecule has 11 atom stereocenters. The van der Waals surface area contributed by atoms with Gasteiger partial charge in [0.05, 0.1) is 25.5 Å². The molecule has 0 unspecified atom stereocenters. The molecule has 32 N–H and O–H groups in total. The van der Waals surface area contributed by atoms with Crippen LogP contribution in [-0.4, -0.2) is 227 Å². The van der Waals surface area contributed by atoms with Gasteiger partial charge in [-0.15, -0.1) is 0 Å². The first-order valence-corrected chi connectivity index (χ1v) is 33.7. The fraction of sp³-hybridized carbons (Fsp3) is 0.500. The molecule has 0 radical (unpaired) electrons. The van der Waals surface area contributed by atoms with Crippen LogP contribution in [-0.2, 0) is 81.6 Å². The van der Waals surface area contributed by atoms with E-state index in [2.05, 4.69) is 89.7 Å². The number of aromatic amines is 1. The van der Waals surface area contributed by atoms with Crippen LogP contribution in [0.25, 0.3) is 0 Å². The number of carboxylic acids is 1. The fourth-order valence-electron chi connectivity index (χ4n) is 9.99. The number of hydrogen-bond donors (Lipinski definition) is 26. The highest BCUT2D eigenvalue weighted by Crippen LogP contribution is 2.12. The zero-order chi connectivity index (χ0) is 78.8. The van der Waals surface area contributed by atoms with Crippen molar-refractivity contribution in [1.82, 2.24) is 89.7 Å². The molecule has 0 aliphatic rings. The van der Waals surface area contributed by atoms with Crippen LogP contribution < -0.4 is 114 Å². The number of benzene rings is 2. The monoisotopic (exact) mass is 1490 g/mol. The molecule has 0 fully saturated rings. The van der Waals surface area contributed by atoms with Crippen molar-refractivity contribution in [2.24, 2.45) is 34.4 Å². The van der Waals surface area contributed by atoms with Gasteiger partial charge in [0.1, 0.15) is 60.4 Å². The van der Waals surface area contributed by atoms with Gasteiger partial charge in [0.15, 0.2) is 11.9 Å². The zero-order valence-electron chi connectivity index (χ0n) is 58.6. The predicted molar refractivity (Wildman–Crippen MR) is 379 cm³/mol. The highest BCUT2D eigenvalue weighted by atomic mass is 16.4. The average Bonchev–Trinajstić information content (AvgIpc) is 0.988. The van der Waals surface area contributed by atoms with Gasteiger partial charge < -0.3 is 129 Å². The standard InChI is InChI=1S/C64H99N25O17/c1-34(50(93)81-35(2)60(103)104)80-53(96)42(19-9-23-74-61(67)68)86-59(102)47(32-90)89-54(97)41(18-12-26-77-64(72)106)82-49(92)31-78-52(95)40(17-11-25-76-63(71)105)84-57(100)45(27-36-13-5-3-6-14-36)87-55(98)43(20-10-24-75-62(69)70)85-58(101)46(28-37-15-7-4-8-16-37)88-56(99)44(21-22-48(66)91)83-51(94)39(65)29-38-30-73-33-79-38/h3-8,13-16,30,33-35,39-47,90H,9-12,17-29,31-32,65H2,1-2H3,(H2,66,91)(H,73,79)(H,78,95)(H,80,96)(H,81,93)(H,82,92)(H,83,94)(H,84,100)(H,85,101)(H,86,102)(H,87,98)(H,88,99)(H,89,97)(H,103,104)(H4,67,68,74)(H4,69,70,75)(H3,71,76,105)(H3,72,77,106)/t34-,35-,39-,40-,41-,42-,43-,44-,45-,46-,47-/m0/s1. The molecule has 1 aromatic heterocycles. The van der Waals surface area contributed by atoms with Crippen LogP contribution in [0, 0.1) is 10.8 Å². The summed E-state index contributed by atoms with van der Waals surface area (Å²) in [6.45, 7) is 0.137. The van der Waals surface area contributed by atoms with E-state index in [4.69, 9.17) is 45.2 Å². The molecule has 0 saturated heterocycles. The summed E-state index contributed by atoms with van der Waals surface area (Å²) >= 11 is 0. The Morgan fingerprint density at radius 3 is 1.21 bits per heavy atom. The highest BCUT2D eigenvalue weighted by Gasteiger charge is 2.36. The normalized spacial score (nSPS) is 13.9. The lowest BCUT2D eigenvalue weighted by Gasteiger charge is -2.28. The minimum Gasteiger partial charge on any atom is -0.480 e. The van der Waals surface area contributed by atoms with Gasteiger partial charge >= 0.3 is 18.0 Å². The number of guanidine groups is 2. The third-order valence-electron chi connectivity index (χ3n) is 15.7. The second-order valence-corrected chi connectivity index (χ2v) is 24.4. The molecule has 3 rings (SSSR count). The summed E-state index contributed by atoms with van der Waals surface area (Å²) in [6, 6.07) is -1.83. The van der Waals surface area contributed by atoms with Gasteiger partial charge in [-0.1, -0.05) is 60.7 Å². The van der Waals surface area contributed by atoms with E-state index in [-0.39, 0.29) is 110 Å². The molecule has 16 amide bonds. The van der Waals surface area contributed by atoms with Gasteiger partial charge in [-0.2, -0.15) is 0 Å². The number of aromatic nitrogens is 2. The molecular weight excluding hydrogens is 1390 g/mol. The summed E-state index contributed by atoms with van der Waals surface area (Å²) in [6.07, 6.45) is 0.702. The van der Waals surface area contributed by atoms with Crippen LogP contribution >= 0.6 is 0 Å². The van der Waals surface area contributed by atoms with Crippen LogP contribution in [0.15, 0.2) is 73.2 Å². The summed E-state index contributed by atoms with van der Waals surface area (Å²) in [5.41, 5.74) is 34.5. The third kappa shape index (κ3) is 35.1. The van der Waals surface area contributed by atoms with Gasteiger partial charge in [-0.25, -0.2) is 14.6 Å². The van der Waals surface area contributed by atoms with Gasteiger partial charge in [0, 0.05) is 63.8 Å². The zero-order valence-corrected chi connectivity index (χ0v) is 58.6. The smallest absolute Gasteiger partial charge is 0.325 e. The van der Waals surface area contributed by atoms with E-state index >= 15 is 0 Å². The van der Waals surface area contributed by atoms with E-state index in [1.165, 1.54) is 26.4 Å². The Kier molecular flexibility index (Phi) is 39.1. The minimum atomic E-state index is -1.84. The number of aliphatic carboxylic acids is 1. The molecule has 0 bridgehead atoms. The Morgan fingerprint density at radius 1 is 0.434 bits per heavy atom. The van der Waals surface area contributed by atoms with Crippen LogP contribution in [0.1, 0.15) is 94.9 Å². The second kappa shape index (κ2) is 47.1. The number of imidazole rings is 1. The van der Waals surface area contributed by atoms with Crippen molar-refractivity contribution in [3.63, 3.8) is 0 Å². The van der Waals surface area contributed by atoms with E-state index in [0.29, 0.717) is 16.8 Å². The van der Waals surface area contributed by atoms with Gasteiger partial charge in [-0.3, -0.25) is 73.1 Å². The van der Waals surface area contributed by atoms with Crippen molar-refractivity contribution in [1.29, 1.82) is 10.8 Å². The Morgan fingerprint density at radius 2 is 0.802 bits per heavy atom. The van der Waals surface area contributed by atoms with Crippen LogP contribution in [0.2, 0.25) is 0 Å². The Bertz CT molecular complexity index is 3460. The van der Waals surface area contributed by atoms with Crippen LogP contribution in [0.3, 0.4) is 0 Å². The first-order valence-electron chi connectivity index (χ1n) is 33.7. The fourth-order valence-corrected chi connectivity index (χ4v) is 9.99. The number of nitrogens with zero attached hydrogens (tertiary/aromatic N) is 1. The van der Waals surface area contributed by atoms with Gasteiger partial charge in [-0.05, 0) is 82.8 Å². The minimum absolute atomic E-state index is 0.00117. The summed E-state index contributed by atoms with van der Waals surface area (Å²) < 4.78 is 0. The highest BCUT2D eigenvalue weighted by molar-refractivity contribution is 5.99. The van der Waals surface area contributed by atoms with Gasteiger partial charge in [0.2, 0.25) is 70.9 Å². The largest absolute Gasteiger partial charge is 0.480 e. The third-order valence-corrected chi connectivity index (χ3v) is 15.7. The number of aliphatic hydroxyl groups excluding tert-OH is 1. The molecule has 0 saturated carbocycles. The summed E-state index contributed by atoms with van der Waals surface area (Å²) in [5.74, 6) is -13.9. The van der Waals surface area contributed by atoms with Crippen molar-refractivity contribution in [2.45, 2.75) is 164 Å². The quantitative estimate of drug-likeness (QED) is 0.0142. The molecule has 0 aliphatic carbocycles. The van der Waals surface area contributed by atoms with E-state index in [9.17, 15) is 82.1 Å². The first kappa shape index (κ1) is 88.0. The van der Waals surface area contributed by atoms with Crippen molar-refractivity contribution < 1.29 is 82.1 Å². The average molecular weight is 1490 g/mol. The number of rotatable bonds is 49. The second-order valence-electron chi connectivity index (χ2n) is 24.4. The number of urea groups is 2. The Balaban J connectivity index is 1.96. The number of nitrogens with one attached hydrogen (secondary N) is 18. The van der Waals surface area contributed by atoms with E-state index in [0.717, 1.165) is 0 Å². The number of primary amides is 3. The first-order chi connectivity index (χ1) is 50.3. The number of carboxylic acid groups (broad SMARTS) is 1. The molecule has 0 aliphatic heterocycles. The number of H-pyrrole nitrogens is 1. The lowest BCUT2D eigenvalue weighted by molar-refractivity contribution is -0.141. The number of carbonyl (C=O) groups excluding carboxylic acids is 14. The SMILES string of the molecule is C[C@H](NC(=O)[C@H](C)NC(=O)[C@H](CCCNC(=N)N)NC(=O)[C@H](CO)NC(=O)[C@H](CCCNC(N)=O)NC(=O)CNC(=O)[C@H](CCCNC(N)=O)NC(=O)[C@H](Cc1ccccc1)NC(=O)[C@H](CCCNC(=N)N)NC(=O)[C@H](Cc1ccccc1)NC(=O)[C@H](CCC(N)=O)NC(=O)[C@@H](N)Cc1cnc[nH]1)C(=O)O. The molecule has 0 spiro atoms. The summed E-state index contributed by atoms with van der Waals surface area (Å²) in [5, 5.41) is 71.6. The van der Waals surface area contributed by atoms with Gasteiger partial charge in [0.25, 0.3) is 0 Å². The lowest BCUT2D eigenvalue weighted by atomic mass is 10.0. The van der Waals surface area contributed by atoms with Crippen molar-refractivity contribution in [2.75, 3.05) is 39.3 Å². The van der Waals surface area contributed by atoms with Crippen LogP contribution in [0.4, 0.5) is 9.59 Å². The molecule has 42 heteroatoms. The van der Waals surface area contributed by atoms with Crippen molar-refractivity contribution in [3.8, 4) is 0 Å².